The zero-order valence-corrected chi connectivity index (χ0v) is 8.53. The molecule has 0 N–H and O–H groups in total. The summed E-state index contributed by atoms with van der Waals surface area (Å²) in [5, 5.41) is 0. The lowest BCUT2D eigenvalue weighted by Gasteiger charge is -2.20. The van der Waals surface area contributed by atoms with Crippen LogP contribution in [0.1, 0.15) is 12.5 Å². The Bertz CT molecular complexity index is 233. The molecule has 1 unspecified atom stereocenters. The van der Waals surface area contributed by atoms with Gasteiger partial charge in [-0.3, -0.25) is 4.90 Å². The second-order valence-electron chi connectivity index (χ2n) is 3.36. The van der Waals surface area contributed by atoms with Crippen LogP contribution in [-0.4, -0.2) is 25.2 Å². The van der Waals surface area contributed by atoms with Crippen LogP contribution in [-0.2, 0) is 11.3 Å². The van der Waals surface area contributed by atoms with E-state index in [0.717, 1.165) is 0 Å². The van der Waals surface area contributed by atoms with Gasteiger partial charge < -0.3 is 4.74 Å². The topological polar surface area (TPSA) is 12.5 Å². The molecule has 0 fully saturated rings. The minimum absolute atomic E-state index is 0.167. The maximum absolute atomic E-state index is 5.62. The van der Waals surface area contributed by atoms with Crippen LogP contribution in [0.2, 0.25) is 0 Å². The van der Waals surface area contributed by atoms with Gasteiger partial charge in [-0.25, -0.2) is 0 Å². The molecule has 0 bridgehead atoms. The van der Waals surface area contributed by atoms with Crippen molar-refractivity contribution in [3.63, 3.8) is 0 Å². The number of hydrogen-bond acceptors (Lipinski definition) is 2. The minimum atomic E-state index is 0.167. The molecule has 0 amide bonds. The third kappa shape index (κ3) is 3.57. The van der Waals surface area contributed by atoms with E-state index in [2.05, 4.69) is 12.1 Å². The smallest absolute Gasteiger partial charge is 0.107 e. The highest BCUT2D eigenvalue weighted by Crippen LogP contribution is 2.03. The summed E-state index contributed by atoms with van der Waals surface area (Å²) >= 11 is 0. The molecular weight excluding hydrogens is 162 g/mol. The average Bonchev–Trinajstić information content (AvgIpc) is 2.15. The molecule has 0 spiro atoms. The SMILES string of the molecule is CC(OCc1ccccc1)N(C)C. The lowest BCUT2D eigenvalue weighted by Crippen LogP contribution is -2.27. The van der Waals surface area contributed by atoms with Crippen molar-refractivity contribution >= 4 is 0 Å². The van der Waals surface area contributed by atoms with Crippen LogP contribution in [0.15, 0.2) is 30.3 Å². The average molecular weight is 179 g/mol. The summed E-state index contributed by atoms with van der Waals surface area (Å²) < 4.78 is 5.62. The molecule has 1 atom stereocenters. The van der Waals surface area contributed by atoms with Crippen LogP contribution in [0.3, 0.4) is 0 Å². The van der Waals surface area contributed by atoms with Gasteiger partial charge in [-0.05, 0) is 26.6 Å². The van der Waals surface area contributed by atoms with Gasteiger partial charge in [-0.1, -0.05) is 30.3 Å². The molecule has 0 aromatic heterocycles. The molecule has 1 rings (SSSR count). The van der Waals surface area contributed by atoms with Gasteiger partial charge in [0, 0.05) is 0 Å². The Kier molecular flexibility index (Phi) is 3.93. The maximum atomic E-state index is 5.62. The minimum Gasteiger partial charge on any atom is -0.359 e. The Hall–Kier alpha value is -0.860. The van der Waals surface area contributed by atoms with Gasteiger partial charge >= 0.3 is 0 Å². The molecule has 2 heteroatoms. The van der Waals surface area contributed by atoms with E-state index >= 15 is 0 Å². The first-order chi connectivity index (χ1) is 6.20. The molecular formula is C11H17NO. The van der Waals surface area contributed by atoms with E-state index in [1.165, 1.54) is 5.56 Å². The third-order valence-corrected chi connectivity index (χ3v) is 2.06. The Morgan fingerprint density at radius 3 is 2.38 bits per heavy atom. The lowest BCUT2D eigenvalue weighted by atomic mass is 10.2. The van der Waals surface area contributed by atoms with E-state index in [0.29, 0.717) is 6.61 Å². The molecule has 0 heterocycles. The largest absolute Gasteiger partial charge is 0.359 e. The van der Waals surface area contributed by atoms with Gasteiger partial charge in [-0.2, -0.15) is 0 Å². The molecule has 0 radical (unpaired) electrons. The summed E-state index contributed by atoms with van der Waals surface area (Å²) in [4.78, 5) is 2.04. The van der Waals surface area contributed by atoms with Crippen LogP contribution in [0, 0.1) is 0 Å². The summed E-state index contributed by atoms with van der Waals surface area (Å²) in [5.41, 5.74) is 1.22. The first-order valence-corrected chi connectivity index (χ1v) is 4.52. The molecule has 1 aromatic rings. The molecule has 0 saturated carbocycles. The predicted molar refractivity (Wildman–Crippen MR) is 54.4 cm³/mol. The van der Waals surface area contributed by atoms with Crippen molar-refractivity contribution in [2.75, 3.05) is 14.1 Å². The highest BCUT2D eigenvalue weighted by molar-refractivity contribution is 5.13. The van der Waals surface area contributed by atoms with Gasteiger partial charge in [0.1, 0.15) is 6.23 Å². The van der Waals surface area contributed by atoms with E-state index in [1.807, 2.05) is 44.1 Å². The first-order valence-electron chi connectivity index (χ1n) is 4.52. The molecule has 0 aliphatic carbocycles. The van der Waals surface area contributed by atoms with Crippen molar-refractivity contribution < 1.29 is 4.74 Å². The first kappa shape index (κ1) is 10.2. The molecule has 0 aliphatic rings. The Balaban J connectivity index is 2.35. The van der Waals surface area contributed by atoms with Gasteiger partial charge in [0.25, 0.3) is 0 Å². The van der Waals surface area contributed by atoms with Gasteiger partial charge in [-0.15, -0.1) is 0 Å². The fraction of sp³-hybridized carbons (Fsp3) is 0.455. The number of ether oxygens (including phenoxy) is 1. The van der Waals surface area contributed by atoms with Gasteiger partial charge in [0.15, 0.2) is 0 Å². The van der Waals surface area contributed by atoms with Crippen LogP contribution < -0.4 is 0 Å². The maximum Gasteiger partial charge on any atom is 0.107 e. The van der Waals surface area contributed by atoms with Gasteiger partial charge in [0.2, 0.25) is 0 Å². The Morgan fingerprint density at radius 1 is 1.23 bits per heavy atom. The normalized spacial score (nSPS) is 13.2. The molecule has 13 heavy (non-hydrogen) atoms. The lowest BCUT2D eigenvalue weighted by molar-refractivity contribution is -0.0329. The van der Waals surface area contributed by atoms with Crippen molar-refractivity contribution in [1.82, 2.24) is 4.90 Å². The monoisotopic (exact) mass is 179 g/mol. The zero-order chi connectivity index (χ0) is 9.68. The molecule has 1 aromatic carbocycles. The van der Waals surface area contributed by atoms with Crippen molar-refractivity contribution in [3.8, 4) is 0 Å². The number of hydrogen-bond donors (Lipinski definition) is 0. The van der Waals surface area contributed by atoms with E-state index in [9.17, 15) is 0 Å². The van der Waals surface area contributed by atoms with E-state index in [1.54, 1.807) is 0 Å². The summed E-state index contributed by atoms with van der Waals surface area (Å²) in [6, 6.07) is 10.2. The summed E-state index contributed by atoms with van der Waals surface area (Å²) in [6.07, 6.45) is 0.167. The second kappa shape index (κ2) is 5.00. The third-order valence-electron chi connectivity index (χ3n) is 2.06. The van der Waals surface area contributed by atoms with Crippen LogP contribution in [0.25, 0.3) is 0 Å². The van der Waals surface area contributed by atoms with E-state index < -0.39 is 0 Å². The van der Waals surface area contributed by atoms with Crippen LogP contribution in [0.4, 0.5) is 0 Å². The summed E-state index contributed by atoms with van der Waals surface area (Å²) in [6.45, 7) is 2.73. The molecule has 72 valence electrons. The van der Waals surface area contributed by atoms with Crippen LogP contribution >= 0.6 is 0 Å². The van der Waals surface area contributed by atoms with Gasteiger partial charge in [0.05, 0.1) is 6.61 Å². The summed E-state index contributed by atoms with van der Waals surface area (Å²) in [5.74, 6) is 0. The van der Waals surface area contributed by atoms with Crippen molar-refractivity contribution in [1.29, 1.82) is 0 Å². The highest BCUT2D eigenvalue weighted by Gasteiger charge is 2.03. The highest BCUT2D eigenvalue weighted by atomic mass is 16.5. The number of nitrogens with zero attached hydrogens (tertiary/aromatic N) is 1. The number of rotatable bonds is 4. The van der Waals surface area contributed by atoms with Crippen molar-refractivity contribution in [2.45, 2.75) is 19.8 Å². The molecule has 0 saturated heterocycles. The van der Waals surface area contributed by atoms with Crippen LogP contribution in [0.5, 0.6) is 0 Å². The van der Waals surface area contributed by atoms with E-state index in [4.69, 9.17) is 4.74 Å². The van der Waals surface area contributed by atoms with Crippen molar-refractivity contribution in [2.24, 2.45) is 0 Å². The molecule has 0 aliphatic heterocycles. The predicted octanol–water partition coefficient (Wildman–Crippen LogP) is 2.11. The Labute approximate surface area is 80.1 Å². The van der Waals surface area contributed by atoms with Crippen molar-refractivity contribution in [3.05, 3.63) is 35.9 Å². The zero-order valence-electron chi connectivity index (χ0n) is 8.53. The fourth-order valence-corrected chi connectivity index (χ4v) is 0.940. The quantitative estimate of drug-likeness (QED) is 0.656. The standard InChI is InChI=1S/C11H17NO/c1-10(12(2)3)13-9-11-7-5-4-6-8-11/h4-8,10H,9H2,1-3H3. The summed E-state index contributed by atoms with van der Waals surface area (Å²) in [7, 11) is 4.02. The fourth-order valence-electron chi connectivity index (χ4n) is 0.940. The molecule has 2 nitrogen and oxygen atoms in total. The number of benzene rings is 1. The Morgan fingerprint density at radius 2 is 1.85 bits per heavy atom. The van der Waals surface area contributed by atoms with E-state index in [-0.39, 0.29) is 6.23 Å². The second-order valence-corrected chi connectivity index (χ2v) is 3.36.